The van der Waals surface area contributed by atoms with Crippen LogP contribution in [0.4, 0.5) is 0 Å². The second-order valence-corrected chi connectivity index (χ2v) is 5.62. The van der Waals surface area contributed by atoms with E-state index in [0.29, 0.717) is 11.5 Å². The highest BCUT2D eigenvalue weighted by Gasteiger charge is 2.14. The number of benzene rings is 1. The van der Waals surface area contributed by atoms with Crippen molar-refractivity contribution in [2.75, 3.05) is 6.61 Å². The highest BCUT2D eigenvalue weighted by atomic mass is 16.3. The topological polar surface area (TPSA) is 54.3 Å². The molecule has 1 unspecified atom stereocenters. The Kier molecular flexibility index (Phi) is 5.17. The van der Waals surface area contributed by atoms with Gasteiger partial charge in [0, 0.05) is 23.6 Å². The lowest BCUT2D eigenvalue weighted by Gasteiger charge is -2.18. The summed E-state index contributed by atoms with van der Waals surface area (Å²) in [7, 11) is 0. The van der Waals surface area contributed by atoms with E-state index in [1.54, 1.807) is 12.1 Å². The summed E-state index contributed by atoms with van der Waals surface area (Å²) in [5.74, 6) is 0.285. The van der Waals surface area contributed by atoms with Crippen LogP contribution in [0.3, 0.4) is 0 Å². The molecule has 0 spiro atoms. The first-order chi connectivity index (χ1) is 10.1. The Morgan fingerprint density at radius 3 is 2.33 bits per heavy atom. The van der Waals surface area contributed by atoms with Gasteiger partial charge >= 0.3 is 0 Å². The third-order valence-corrected chi connectivity index (χ3v) is 3.34. The fourth-order valence-corrected chi connectivity index (χ4v) is 2.31. The van der Waals surface area contributed by atoms with Crippen molar-refractivity contribution in [2.24, 2.45) is 5.92 Å². The lowest BCUT2D eigenvalue weighted by atomic mass is 10.0. The molecule has 1 atom stereocenters. The van der Waals surface area contributed by atoms with E-state index in [9.17, 15) is 9.90 Å². The van der Waals surface area contributed by atoms with Gasteiger partial charge in [0.15, 0.2) is 0 Å². The first-order valence-corrected chi connectivity index (χ1v) is 7.25. The molecule has 112 valence electrons. The van der Waals surface area contributed by atoms with Crippen LogP contribution in [0.25, 0.3) is 5.69 Å². The molecule has 0 radical (unpaired) electrons. The predicted octanol–water partition coefficient (Wildman–Crippen LogP) is 2.61. The number of hydrogen-bond acceptors (Lipinski definition) is 2. The fourth-order valence-electron chi connectivity index (χ4n) is 2.31. The van der Waals surface area contributed by atoms with Gasteiger partial charge in [-0.3, -0.25) is 4.79 Å². The molecule has 4 nitrogen and oxygen atoms in total. The monoisotopic (exact) mass is 286 g/mol. The van der Waals surface area contributed by atoms with Crippen LogP contribution in [0.2, 0.25) is 0 Å². The Morgan fingerprint density at radius 1 is 1.19 bits per heavy atom. The van der Waals surface area contributed by atoms with E-state index >= 15 is 0 Å². The van der Waals surface area contributed by atoms with Crippen molar-refractivity contribution in [3.05, 3.63) is 54.4 Å². The number of aromatic nitrogens is 1. The number of nitrogens with one attached hydrogen (secondary N) is 1. The number of rotatable bonds is 6. The maximum atomic E-state index is 12.2. The lowest BCUT2D eigenvalue weighted by Crippen LogP contribution is -2.38. The molecule has 21 heavy (non-hydrogen) atoms. The van der Waals surface area contributed by atoms with Crippen molar-refractivity contribution in [3.8, 4) is 5.69 Å². The average molecular weight is 286 g/mol. The Bertz CT molecular complexity index is 559. The minimum Gasteiger partial charge on any atom is -0.394 e. The van der Waals surface area contributed by atoms with Gasteiger partial charge in [0.2, 0.25) is 0 Å². The van der Waals surface area contributed by atoms with Crippen molar-refractivity contribution < 1.29 is 9.90 Å². The molecule has 0 bridgehead atoms. The standard InChI is InChI=1S/C17H22N2O2/c1-13(2)11-15(12-20)18-17(21)14-5-7-16(8-6-14)19-9-3-4-10-19/h3-10,13,15,20H,11-12H2,1-2H3,(H,18,21). The van der Waals surface area contributed by atoms with Gasteiger partial charge in [-0.1, -0.05) is 13.8 Å². The summed E-state index contributed by atoms with van der Waals surface area (Å²) in [5, 5.41) is 12.2. The Morgan fingerprint density at radius 2 is 1.81 bits per heavy atom. The molecule has 2 N–H and O–H groups in total. The van der Waals surface area contributed by atoms with E-state index in [2.05, 4.69) is 19.2 Å². The van der Waals surface area contributed by atoms with Crippen LogP contribution < -0.4 is 5.32 Å². The molecule has 0 saturated carbocycles. The minimum atomic E-state index is -0.193. The number of aliphatic hydroxyl groups excluding tert-OH is 1. The van der Waals surface area contributed by atoms with Crippen LogP contribution in [0, 0.1) is 5.92 Å². The zero-order chi connectivity index (χ0) is 15.2. The third-order valence-electron chi connectivity index (χ3n) is 3.34. The van der Waals surface area contributed by atoms with Crippen LogP contribution in [0.5, 0.6) is 0 Å². The maximum absolute atomic E-state index is 12.2. The number of amides is 1. The predicted molar refractivity (Wildman–Crippen MR) is 83.6 cm³/mol. The molecule has 1 amide bonds. The second kappa shape index (κ2) is 7.09. The molecule has 0 fully saturated rings. The molecule has 0 saturated heterocycles. The van der Waals surface area contributed by atoms with Gasteiger partial charge in [0.05, 0.1) is 12.6 Å². The van der Waals surface area contributed by atoms with Crippen LogP contribution in [0.15, 0.2) is 48.8 Å². The largest absolute Gasteiger partial charge is 0.394 e. The van der Waals surface area contributed by atoms with E-state index in [0.717, 1.165) is 12.1 Å². The molecule has 2 aromatic rings. The minimum absolute atomic E-state index is 0.0363. The summed E-state index contributed by atoms with van der Waals surface area (Å²) in [6.07, 6.45) is 4.68. The number of nitrogens with zero attached hydrogens (tertiary/aromatic N) is 1. The molecule has 2 rings (SSSR count). The van der Waals surface area contributed by atoms with Gasteiger partial charge in [-0.15, -0.1) is 0 Å². The summed E-state index contributed by atoms with van der Waals surface area (Å²) in [5.41, 5.74) is 1.62. The van der Waals surface area contributed by atoms with E-state index in [1.807, 2.05) is 41.2 Å². The van der Waals surface area contributed by atoms with Gasteiger partial charge in [0.25, 0.3) is 5.91 Å². The molecule has 0 aliphatic carbocycles. The van der Waals surface area contributed by atoms with Crippen molar-refractivity contribution in [3.63, 3.8) is 0 Å². The molecule has 1 aromatic heterocycles. The van der Waals surface area contributed by atoms with Gasteiger partial charge in [-0.25, -0.2) is 0 Å². The van der Waals surface area contributed by atoms with E-state index in [-0.39, 0.29) is 18.6 Å². The smallest absolute Gasteiger partial charge is 0.251 e. The van der Waals surface area contributed by atoms with Crippen LogP contribution >= 0.6 is 0 Å². The van der Waals surface area contributed by atoms with Gasteiger partial charge in [-0.2, -0.15) is 0 Å². The number of hydrogen-bond donors (Lipinski definition) is 2. The zero-order valence-electron chi connectivity index (χ0n) is 12.5. The molecule has 0 aliphatic heterocycles. The van der Waals surface area contributed by atoms with Crippen molar-refractivity contribution >= 4 is 5.91 Å². The third kappa shape index (κ3) is 4.20. The average Bonchev–Trinajstić information content (AvgIpc) is 3.00. The van der Waals surface area contributed by atoms with Gasteiger partial charge in [-0.05, 0) is 48.7 Å². The van der Waals surface area contributed by atoms with E-state index in [1.165, 1.54) is 0 Å². The van der Waals surface area contributed by atoms with Crippen molar-refractivity contribution in [2.45, 2.75) is 26.3 Å². The van der Waals surface area contributed by atoms with Crippen molar-refractivity contribution in [1.29, 1.82) is 0 Å². The summed E-state index contributed by atoms with van der Waals surface area (Å²) in [6.45, 7) is 4.10. The number of carbonyl (C=O) groups is 1. The Labute approximate surface area is 125 Å². The second-order valence-electron chi connectivity index (χ2n) is 5.62. The summed E-state index contributed by atoms with van der Waals surface area (Å²) >= 11 is 0. The number of aliphatic hydroxyl groups is 1. The molecular weight excluding hydrogens is 264 g/mol. The molecule has 4 heteroatoms. The molecule has 1 aromatic carbocycles. The quantitative estimate of drug-likeness (QED) is 0.857. The van der Waals surface area contributed by atoms with Gasteiger partial charge in [0.1, 0.15) is 0 Å². The van der Waals surface area contributed by atoms with Crippen LogP contribution in [-0.4, -0.2) is 28.2 Å². The normalized spacial score (nSPS) is 12.4. The summed E-state index contributed by atoms with van der Waals surface area (Å²) in [4.78, 5) is 12.2. The van der Waals surface area contributed by atoms with Crippen molar-refractivity contribution in [1.82, 2.24) is 9.88 Å². The Hall–Kier alpha value is -2.07. The first kappa shape index (κ1) is 15.3. The highest BCUT2D eigenvalue weighted by Crippen LogP contribution is 2.11. The van der Waals surface area contributed by atoms with E-state index < -0.39 is 0 Å². The van der Waals surface area contributed by atoms with Crippen LogP contribution in [-0.2, 0) is 0 Å². The van der Waals surface area contributed by atoms with E-state index in [4.69, 9.17) is 0 Å². The SMILES string of the molecule is CC(C)CC(CO)NC(=O)c1ccc(-n2cccc2)cc1. The fraction of sp³-hybridized carbons (Fsp3) is 0.353. The number of carbonyl (C=O) groups excluding carboxylic acids is 1. The Balaban J connectivity index is 2.02. The highest BCUT2D eigenvalue weighted by molar-refractivity contribution is 5.94. The summed E-state index contributed by atoms with van der Waals surface area (Å²) in [6, 6.07) is 11.1. The van der Waals surface area contributed by atoms with Gasteiger partial charge < -0.3 is 15.0 Å². The maximum Gasteiger partial charge on any atom is 0.251 e. The molecular formula is C17H22N2O2. The lowest BCUT2D eigenvalue weighted by molar-refractivity contribution is 0.0908. The summed E-state index contributed by atoms with van der Waals surface area (Å²) < 4.78 is 1.98. The molecule has 1 heterocycles. The molecule has 0 aliphatic rings. The zero-order valence-corrected chi connectivity index (χ0v) is 12.5. The van der Waals surface area contributed by atoms with Crippen LogP contribution in [0.1, 0.15) is 30.6 Å². The first-order valence-electron chi connectivity index (χ1n) is 7.25.